The molecule has 0 aromatic heterocycles. The summed E-state index contributed by atoms with van der Waals surface area (Å²) in [7, 11) is 0. The van der Waals surface area contributed by atoms with Crippen LogP contribution in [0.4, 0.5) is 21.9 Å². The predicted molar refractivity (Wildman–Crippen MR) is 85.9 cm³/mol. The molecule has 0 fully saturated rings. The molecule has 6 heteroatoms. The van der Waals surface area contributed by atoms with Gasteiger partial charge in [-0.15, -0.1) is 0 Å². The molecule has 2 aromatic rings. The Hall–Kier alpha value is -3.02. The largest absolute Gasteiger partial charge is 0.450 e. The highest BCUT2D eigenvalue weighted by molar-refractivity contribution is 6.05. The van der Waals surface area contributed by atoms with Crippen molar-refractivity contribution in [2.24, 2.45) is 0 Å². The van der Waals surface area contributed by atoms with Crippen LogP contribution in [-0.2, 0) is 4.74 Å². The molecule has 0 saturated heterocycles. The van der Waals surface area contributed by atoms with Crippen molar-refractivity contribution in [1.82, 2.24) is 0 Å². The van der Waals surface area contributed by atoms with Crippen molar-refractivity contribution in [2.45, 2.75) is 6.92 Å². The van der Waals surface area contributed by atoms with E-state index in [2.05, 4.69) is 10.6 Å². The van der Waals surface area contributed by atoms with Crippen molar-refractivity contribution < 1.29 is 14.3 Å². The molecule has 0 spiro atoms. The van der Waals surface area contributed by atoms with Crippen LogP contribution in [0.5, 0.6) is 0 Å². The molecule has 0 saturated carbocycles. The molecule has 2 rings (SSSR count). The summed E-state index contributed by atoms with van der Waals surface area (Å²) < 4.78 is 4.79. The van der Waals surface area contributed by atoms with Crippen LogP contribution >= 0.6 is 0 Å². The molecule has 0 unspecified atom stereocenters. The van der Waals surface area contributed by atoms with Crippen LogP contribution in [0.2, 0.25) is 0 Å². The van der Waals surface area contributed by atoms with Gasteiger partial charge in [0.15, 0.2) is 0 Å². The summed E-state index contributed by atoms with van der Waals surface area (Å²) in [4.78, 5) is 23.5. The fourth-order valence-electron chi connectivity index (χ4n) is 1.79. The number of nitrogens with two attached hydrogens (primary N) is 1. The summed E-state index contributed by atoms with van der Waals surface area (Å²) in [5.41, 5.74) is 7.77. The number of hydrogen-bond acceptors (Lipinski definition) is 4. The molecule has 0 aliphatic rings. The van der Waals surface area contributed by atoms with Crippen molar-refractivity contribution in [2.75, 3.05) is 23.0 Å². The van der Waals surface area contributed by atoms with Gasteiger partial charge in [0.1, 0.15) is 0 Å². The van der Waals surface area contributed by atoms with Crippen molar-refractivity contribution in [3.8, 4) is 0 Å². The minimum atomic E-state index is -0.557. The number of ether oxygens (including phenoxy) is 1. The number of hydrogen-bond donors (Lipinski definition) is 3. The Labute approximate surface area is 128 Å². The minimum absolute atomic E-state index is 0.280. The summed E-state index contributed by atoms with van der Waals surface area (Å²) in [6.45, 7) is 2.00. The van der Waals surface area contributed by atoms with E-state index in [0.29, 0.717) is 22.6 Å². The van der Waals surface area contributed by atoms with E-state index in [-0.39, 0.29) is 12.5 Å². The molecule has 0 aliphatic heterocycles. The molecular formula is C16H17N3O3. The molecule has 2 aromatic carbocycles. The van der Waals surface area contributed by atoms with E-state index in [4.69, 9.17) is 10.5 Å². The standard InChI is InChI=1S/C16H17N3O3/c1-2-22-16(21)19-14-5-3-4-11(10-14)15(20)18-13-8-6-12(17)7-9-13/h3-10H,2,17H2,1H3,(H,18,20)(H,19,21). The maximum absolute atomic E-state index is 12.2. The number of carbonyl (C=O) groups is 2. The highest BCUT2D eigenvalue weighted by atomic mass is 16.5. The highest BCUT2D eigenvalue weighted by Gasteiger charge is 2.08. The van der Waals surface area contributed by atoms with Gasteiger partial charge in [-0.05, 0) is 49.4 Å². The summed E-state index contributed by atoms with van der Waals surface area (Å²) in [5.74, 6) is -0.280. The average molecular weight is 299 g/mol. The van der Waals surface area contributed by atoms with Crippen LogP contribution in [0, 0.1) is 0 Å². The third kappa shape index (κ3) is 4.24. The van der Waals surface area contributed by atoms with E-state index < -0.39 is 6.09 Å². The first-order valence-corrected chi connectivity index (χ1v) is 6.79. The Bertz CT molecular complexity index is 669. The van der Waals surface area contributed by atoms with Gasteiger partial charge in [-0.2, -0.15) is 0 Å². The molecule has 0 atom stereocenters. The fraction of sp³-hybridized carbons (Fsp3) is 0.125. The molecule has 114 valence electrons. The van der Waals surface area contributed by atoms with E-state index in [0.717, 1.165) is 0 Å². The third-order valence-electron chi connectivity index (χ3n) is 2.82. The number of nitrogen functional groups attached to an aromatic ring is 1. The number of anilines is 3. The number of carbonyl (C=O) groups excluding carboxylic acids is 2. The van der Waals surface area contributed by atoms with Crippen molar-refractivity contribution in [1.29, 1.82) is 0 Å². The van der Waals surface area contributed by atoms with E-state index in [1.165, 1.54) is 0 Å². The number of nitrogens with one attached hydrogen (secondary N) is 2. The van der Waals surface area contributed by atoms with Crippen LogP contribution in [0.3, 0.4) is 0 Å². The van der Waals surface area contributed by atoms with Crippen LogP contribution < -0.4 is 16.4 Å². The van der Waals surface area contributed by atoms with E-state index >= 15 is 0 Å². The number of amides is 2. The van der Waals surface area contributed by atoms with Gasteiger partial charge in [0.05, 0.1) is 6.61 Å². The lowest BCUT2D eigenvalue weighted by Crippen LogP contribution is -2.15. The second-order valence-corrected chi connectivity index (χ2v) is 4.50. The SMILES string of the molecule is CCOC(=O)Nc1cccc(C(=O)Nc2ccc(N)cc2)c1. The van der Waals surface area contributed by atoms with Crippen LogP contribution in [-0.4, -0.2) is 18.6 Å². The zero-order valence-corrected chi connectivity index (χ0v) is 12.1. The van der Waals surface area contributed by atoms with Crippen molar-refractivity contribution in [3.05, 3.63) is 54.1 Å². The Morgan fingerprint density at radius 2 is 1.77 bits per heavy atom. The molecule has 0 heterocycles. The number of rotatable bonds is 4. The molecule has 22 heavy (non-hydrogen) atoms. The summed E-state index contributed by atoms with van der Waals surface area (Å²) in [6.07, 6.45) is -0.557. The van der Waals surface area contributed by atoms with Crippen molar-refractivity contribution >= 4 is 29.1 Å². The van der Waals surface area contributed by atoms with Gasteiger partial charge in [0.25, 0.3) is 5.91 Å². The first kappa shape index (κ1) is 15.4. The highest BCUT2D eigenvalue weighted by Crippen LogP contribution is 2.15. The van der Waals surface area contributed by atoms with Gasteiger partial charge in [-0.1, -0.05) is 6.07 Å². The first-order valence-electron chi connectivity index (χ1n) is 6.79. The Morgan fingerprint density at radius 3 is 2.45 bits per heavy atom. The Kier molecular flexibility index (Phi) is 4.98. The zero-order chi connectivity index (χ0) is 15.9. The van der Waals surface area contributed by atoms with Crippen LogP contribution in [0.25, 0.3) is 0 Å². The monoisotopic (exact) mass is 299 g/mol. The lowest BCUT2D eigenvalue weighted by atomic mass is 10.2. The third-order valence-corrected chi connectivity index (χ3v) is 2.82. The lowest BCUT2D eigenvalue weighted by molar-refractivity contribution is 0.102. The second kappa shape index (κ2) is 7.12. The lowest BCUT2D eigenvalue weighted by Gasteiger charge is -2.08. The Balaban J connectivity index is 2.06. The molecule has 0 bridgehead atoms. The fourth-order valence-corrected chi connectivity index (χ4v) is 1.79. The van der Waals surface area contributed by atoms with E-state index in [1.807, 2.05) is 0 Å². The molecule has 4 N–H and O–H groups in total. The van der Waals surface area contributed by atoms with E-state index in [1.54, 1.807) is 55.5 Å². The quantitative estimate of drug-likeness (QED) is 0.756. The van der Waals surface area contributed by atoms with Crippen LogP contribution in [0.15, 0.2) is 48.5 Å². The summed E-state index contributed by atoms with van der Waals surface area (Å²) >= 11 is 0. The van der Waals surface area contributed by atoms with Crippen LogP contribution in [0.1, 0.15) is 17.3 Å². The minimum Gasteiger partial charge on any atom is -0.450 e. The predicted octanol–water partition coefficient (Wildman–Crippen LogP) is 3.09. The Morgan fingerprint density at radius 1 is 1.05 bits per heavy atom. The average Bonchev–Trinajstić information content (AvgIpc) is 2.50. The van der Waals surface area contributed by atoms with Gasteiger partial charge >= 0.3 is 6.09 Å². The first-order chi connectivity index (χ1) is 10.6. The summed E-state index contributed by atoms with van der Waals surface area (Å²) in [5, 5.41) is 5.30. The van der Waals surface area contributed by atoms with Gasteiger partial charge in [0.2, 0.25) is 0 Å². The molecule has 6 nitrogen and oxygen atoms in total. The molecule has 0 aliphatic carbocycles. The van der Waals surface area contributed by atoms with Crippen molar-refractivity contribution in [3.63, 3.8) is 0 Å². The topological polar surface area (TPSA) is 93.4 Å². The van der Waals surface area contributed by atoms with Gasteiger partial charge < -0.3 is 15.8 Å². The second-order valence-electron chi connectivity index (χ2n) is 4.50. The molecule has 0 radical (unpaired) electrons. The van der Waals surface area contributed by atoms with E-state index in [9.17, 15) is 9.59 Å². The maximum Gasteiger partial charge on any atom is 0.411 e. The van der Waals surface area contributed by atoms with Gasteiger partial charge in [-0.25, -0.2) is 4.79 Å². The normalized spacial score (nSPS) is 9.86. The summed E-state index contributed by atoms with van der Waals surface area (Å²) in [6, 6.07) is 13.4. The van der Waals surface area contributed by atoms with Gasteiger partial charge in [-0.3, -0.25) is 10.1 Å². The zero-order valence-electron chi connectivity index (χ0n) is 12.1. The smallest absolute Gasteiger partial charge is 0.411 e. The molecule has 2 amide bonds. The number of benzene rings is 2. The molecular weight excluding hydrogens is 282 g/mol. The van der Waals surface area contributed by atoms with Gasteiger partial charge in [0, 0.05) is 22.6 Å². The maximum atomic E-state index is 12.2.